The van der Waals surface area contributed by atoms with E-state index >= 15 is 0 Å². The zero-order valence-corrected chi connectivity index (χ0v) is 32.3. The summed E-state index contributed by atoms with van der Waals surface area (Å²) in [4.78, 5) is 4.86. The summed E-state index contributed by atoms with van der Waals surface area (Å²) in [6.07, 6.45) is 9.39. The summed E-state index contributed by atoms with van der Waals surface area (Å²) in [6.45, 7) is 4.37. The predicted octanol–water partition coefficient (Wildman–Crippen LogP) is 13.9. The van der Waals surface area contributed by atoms with E-state index in [1.807, 2.05) is 18.5 Å². The lowest BCUT2D eigenvalue weighted by Gasteiger charge is -2.17. The Bertz CT molecular complexity index is 3280. The molecule has 0 atom stereocenters. The van der Waals surface area contributed by atoms with Gasteiger partial charge in [0.15, 0.2) is 0 Å². The number of benzene rings is 6. The smallest absolute Gasteiger partial charge is 0.0628 e. The maximum atomic E-state index is 4.86. The first-order chi connectivity index (χ1) is 28.7. The Morgan fingerprint density at radius 1 is 0.500 bits per heavy atom. The van der Waals surface area contributed by atoms with Gasteiger partial charge in [0.25, 0.3) is 0 Å². The van der Waals surface area contributed by atoms with Crippen LogP contribution in [0.3, 0.4) is 0 Å². The Labute approximate surface area is 337 Å². The molecule has 11 aromatic rings. The summed E-state index contributed by atoms with van der Waals surface area (Å²) in [5.74, 6) is 0. The van der Waals surface area contributed by atoms with Gasteiger partial charge in [-0.15, -0.1) is 0 Å². The van der Waals surface area contributed by atoms with Crippen LogP contribution >= 0.6 is 0 Å². The molecule has 0 radical (unpaired) electrons. The van der Waals surface area contributed by atoms with E-state index < -0.39 is 0 Å². The van der Waals surface area contributed by atoms with Gasteiger partial charge in [0.05, 0.1) is 38.7 Å². The normalized spacial score (nSPS) is 11.8. The van der Waals surface area contributed by atoms with Crippen molar-refractivity contribution in [3.63, 3.8) is 0 Å². The van der Waals surface area contributed by atoms with Gasteiger partial charge in [0.2, 0.25) is 0 Å². The van der Waals surface area contributed by atoms with Gasteiger partial charge in [0.1, 0.15) is 0 Å². The molecule has 0 spiro atoms. The van der Waals surface area contributed by atoms with E-state index in [4.69, 9.17) is 4.98 Å². The highest BCUT2D eigenvalue weighted by molar-refractivity contribution is 6.10. The van der Waals surface area contributed by atoms with Crippen LogP contribution in [0, 0.1) is 19.1 Å². The fourth-order valence-corrected chi connectivity index (χ4v) is 8.97. The Morgan fingerprint density at radius 3 is 1.59 bits per heavy atom. The number of rotatable bonds is 7. The van der Waals surface area contributed by atoms with Gasteiger partial charge in [-0.05, 0) is 109 Å². The van der Waals surface area contributed by atoms with Crippen LogP contribution in [0.2, 0.25) is 0 Å². The van der Waals surface area contributed by atoms with Gasteiger partial charge in [-0.3, -0.25) is 4.98 Å². The van der Waals surface area contributed by atoms with Gasteiger partial charge in [-0.25, -0.2) is 0 Å². The average molecular weight is 743 g/mol. The van der Waals surface area contributed by atoms with E-state index in [2.05, 4.69) is 203 Å². The monoisotopic (exact) mass is 742 g/mol. The van der Waals surface area contributed by atoms with Crippen molar-refractivity contribution in [3.05, 3.63) is 200 Å². The van der Waals surface area contributed by atoms with Crippen LogP contribution in [0.5, 0.6) is 0 Å². The molecule has 0 aliphatic rings. The number of aryl methyl sites for hydroxylation is 1. The van der Waals surface area contributed by atoms with Gasteiger partial charge >= 0.3 is 0 Å². The number of hydrogen-bond donors (Lipinski definition) is 0. The number of allylic oxidation sites excluding steroid dienone is 1. The lowest BCUT2D eigenvalue weighted by atomic mass is 10.0. The number of pyridine rings is 1. The number of para-hydroxylation sites is 4. The van der Waals surface area contributed by atoms with Crippen LogP contribution in [0.15, 0.2) is 176 Å². The molecule has 7 aromatic carbocycles. The quantitative estimate of drug-likeness (QED) is 0.160. The molecule has 0 aliphatic heterocycles. The predicted molar refractivity (Wildman–Crippen MR) is 242 cm³/mol. The first kappa shape index (κ1) is 33.7. The zero-order valence-electron chi connectivity index (χ0n) is 32.3. The minimum atomic E-state index is 0.946. The van der Waals surface area contributed by atoms with E-state index in [0.29, 0.717) is 0 Å². The Balaban J connectivity index is 1.09. The first-order valence-corrected chi connectivity index (χ1v) is 19.9. The van der Waals surface area contributed by atoms with Crippen LogP contribution in [0.1, 0.15) is 24.6 Å². The van der Waals surface area contributed by atoms with Gasteiger partial charge in [-0.2, -0.15) is 0 Å². The molecule has 0 bridgehead atoms. The number of aromatic nitrogens is 4. The van der Waals surface area contributed by atoms with Crippen LogP contribution in [0.4, 0.5) is 0 Å². The topological polar surface area (TPSA) is 27.7 Å². The fraction of sp³-hybridized carbons (Fsp3) is 0.0556. The lowest BCUT2D eigenvalue weighted by Crippen LogP contribution is -2.02. The fourth-order valence-electron chi connectivity index (χ4n) is 8.97. The standard InChI is InChI=1S/C54H38N4/c1-3-4-20-49-36(2)44-15-5-10-21-50(44)57(49)42-31-38(32-43(33-42)58-53-24-13-8-18-47(53)48-19-9-14-25-54(48)58)40-30-39(34-55-35-40)37-26-28-41(29-27-37)56-51-22-11-6-16-45(51)46-17-7-12-23-52(46)56/h4,6-14,16-35H,3H2,1-2H3/b20-4-. The highest BCUT2D eigenvalue weighted by Gasteiger charge is 2.19. The molecule has 4 nitrogen and oxygen atoms in total. The average Bonchev–Trinajstić information content (AvgIpc) is 3.91. The van der Waals surface area contributed by atoms with Crippen molar-refractivity contribution >= 4 is 60.6 Å². The highest BCUT2D eigenvalue weighted by Crippen LogP contribution is 2.38. The summed E-state index contributed by atoms with van der Waals surface area (Å²) in [5.41, 5.74) is 15.8. The third-order valence-electron chi connectivity index (χ3n) is 11.6. The second-order valence-corrected chi connectivity index (χ2v) is 15.0. The van der Waals surface area contributed by atoms with Crippen molar-refractivity contribution in [1.82, 2.24) is 18.7 Å². The molecular formula is C54H38N4. The molecule has 11 rings (SSSR count). The molecule has 4 heteroatoms. The zero-order chi connectivity index (χ0) is 38.7. The summed E-state index contributed by atoms with van der Waals surface area (Å²) < 4.78 is 7.15. The van der Waals surface area contributed by atoms with Crippen LogP contribution < -0.4 is 0 Å². The molecule has 0 amide bonds. The maximum Gasteiger partial charge on any atom is 0.0628 e. The molecule has 0 saturated carbocycles. The first-order valence-electron chi connectivity index (χ1n) is 19.9. The second-order valence-electron chi connectivity index (χ2n) is 15.0. The van der Waals surface area contributed by atoms with Crippen molar-refractivity contribution in [1.29, 1.82) is 0 Å². The molecule has 58 heavy (non-hydrogen) atoms. The van der Waals surface area contributed by atoms with Crippen molar-refractivity contribution in [2.24, 2.45) is 0 Å². The molecule has 4 aromatic heterocycles. The summed E-state index contributed by atoms with van der Waals surface area (Å²) in [7, 11) is 0. The Hall–Kier alpha value is -7.61. The number of fused-ring (bicyclic) bond motifs is 7. The number of hydrogen-bond acceptors (Lipinski definition) is 1. The number of nitrogens with zero attached hydrogens (tertiary/aromatic N) is 4. The lowest BCUT2D eigenvalue weighted by molar-refractivity contribution is 1.08. The summed E-state index contributed by atoms with van der Waals surface area (Å²) in [5, 5.41) is 6.06. The Morgan fingerprint density at radius 2 is 1.02 bits per heavy atom. The van der Waals surface area contributed by atoms with Crippen molar-refractivity contribution in [2.45, 2.75) is 20.3 Å². The van der Waals surface area contributed by atoms with E-state index in [0.717, 1.165) is 62.3 Å². The molecule has 274 valence electrons. The molecule has 0 fully saturated rings. The molecule has 0 N–H and O–H groups in total. The third-order valence-corrected chi connectivity index (χ3v) is 11.6. The SMILES string of the molecule is CC/C=C\c1c(C)c2c#cccc2n1-c1cc(-c2cncc(-c3ccc(-n4c5ccccc5c5ccccc54)cc3)c2)cc(-n2c3ccccc3c3ccccc32)c1. The minimum Gasteiger partial charge on any atom is -0.309 e. The van der Waals surface area contributed by atoms with E-state index in [9.17, 15) is 0 Å². The summed E-state index contributed by atoms with van der Waals surface area (Å²) in [6, 6.07) is 63.5. The van der Waals surface area contributed by atoms with Crippen molar-refractivity contribution < 1.29 is 0 Å². The van der Waals surface area contributed by atoms with Gasteiger partial charge < -0.3 is 13.7 Å². The van der Waals surface area contributed by atoms with Crippen LogP contribution in [-0.2, 0) is 0 Å². The second kappa shape index (κ2) is 13.5. The highest BCUT2D eigenvalue weighted by atomic mass is 15.0. The van der Waals surface area contributed by atoms with E-state index in [1.165, 1.54) is 49.2 Å². The van der Waals surface area contributed by atoms with Gasteiger partial charge in [0, 0.05) is 62.1 Å². The van der Waals surface area contributed by atoms with Crippen LogP contribution in [0.25, 0.3) is 99.9 Å². The van der Waals surface area contributed by atoms with Gasteiger partial charge in [-0.1, -0.05) is 110 Å². The molecular weight excluding hydrogens is 705 g/mol. The molecule has 0 unspecified atom stereocenters. The maximum absolute atomic E-state index is 4.86. The summed E-state index contributed by atoms with van der Waals surface area (Å²) >= 11 is 0. The van der Waals surface area contributed by atoms with Crippen LogP contribution in [-0.4, -0.2) is 18.7 Å². The van der Waals surface area contributed by atoms with Crippen molar-refractivity contribution in [2.75, 3.05) is 0 Å². The Kier molecular flexibility index (Phi) is 7.87. The largest absolute Gasteiger partial charge is 0.309 e. The van der Waals surface area contributed by atoms with E-state index in [1.54, 1.807) is 0 Å². The molecule has 4 heterocycles. The molecule has 0 saturated heterocycles. The minimum absolute atomic E-state index is 0.946. The van der Waals surface area contributed by atoms with E-state index in [-0.39, 0.29) is 0 Å². The molecule has 0 aliphatic carbocycles. The third kappa shape index (κ3) is 5.29. The van der Waals surface area contributed by atoms with Crippen molar-refractivity contribution in [3.8, 4) is 39.3 Å².